The lowest BCUT2D eigenvalue weighted by molar-refractivity contribution is 0.573. The van der Waals surface area contributed by atoms with Crippen molar-refractivity contribution in [2.45, 2.75) is 39.7 Å². The fraction of sp³-hybridized carbons (Fsp3) is 0.471. The first kappa shape index (κ1) is 14.8. The summed E-state index contributed by atoms with van der Waals surface area (Å²) in [6.45, 7) is 7.00. The molecule has 0 aliphatic carbocycles. The molecular formula is C17H23N5. The van der Waals surface area contributed by atoms with E-state index in [1.807, 2.05) is 19.2 Å². The van der Waals surface area contributed by atoms with Gasteiger partial charge in [0.05, 0.1) is 5.69 Å². The molecule has 3 rings (SSSR count). The zero-order valence-corrected chi connectivity index (χ0v) is 13.3. The zero-order valence-electron chi connectivity index (χ0n) is 13.3. The number of aryl methyl sites for hydroxylation is 2. The Balaban J connectivity index is 1.66. The van der Waals surface area contributed by atoms with Gasteiger partial charge >= 0.3 is 0 Å². The van der Waals surface area contributed by atoms with Crippen LogP contribution in [0.25, 0.3) is 0 Å². The molecule has 1 N–H and O–H groups in total. The molecule has 5 heteroatoms. The fourth-order valence-corrected chi connectivity index (χ4v) is 2.69. The molecule has 1 aliphatic rings. The molecular weight excluding hydrogens is 274 g/mol. The summed E-state index contributed by atoms with van der Waals surface area (Å²) in [6, 6.07) is 6.26. The summed E-state index contributed by atoms with van der Waals surface area (Å²) in [4.78, 5) is 6.89. The Morgan fingerprint density at radius 2 is 1.91 bits per heavy atom. The lowest BCUT2D eigenvalue weighted by Gasteiger charge is -2.27. The van der Waals surface area contributed by atoms with Crippen molar-refractivity contribution in [1.82, 2.24) is 15.2 Å². The number of rotatable bonds is 4. The van der Waals surface area contributed by atoms with Crippen LogP contribution >= 0.6 is 0 Å². The standard InChI is InChI=1S/C17H23N5/c1-13-10-16(21-20-14(13)2)19-12-15-6-7-18-17(11-15)22-8-4-3-5-9-22/h6-7,10-11H,3-5,8-9,12H2,1-2H3,(H,19,21). The van der Waals surface area contributed by atoms with Crippen molar-refractivity contribution >= 4 is 11.6 Å². The number of piperidine rings is 1. The van der Waals surface area contributed by atoms with Gasteiger partial charge in [0.1, 0.15) is 11.6 Å². The summed E-state index contributed by atoms with van der Waals surface area (Å²) in [5, 5.41) is 11.7. The molecule has 0 amide bonds. The second-order valence-corrected chi connectivity index (χ2v) is 5.92. The number of hydrogen-bond donors (Lipinski definition) is 1. The average Bonchev–Trinajstić information content (AvgIpc) is 2.57. The fourth-order valence-electron chi connectivity index (χ4n) is 2.69. The van der Waals surface area contributed by atoms with Crippen molar-refractivity contribution in [1.29, 1.82) is 0 Å². The summed E-state index contributed by atoms with van der Waals surface area (Å²) in [5.41, 5.74) is 3.35. The topological polar surface area (TPSA) is 53.9 Å². The first-order chi connectivity index (χ1) is 10.7. The minimum absolute atomic E-state index is 0.737. The van der Waals surface area contributed by atoms with Crippen LogP contribution in [0.1, 0.15) is 36.1 Å². The molecule has 5 nitrogen and oxygen atoms in total. The van der Waals surface area contributed by atoms with Crippen LogP contribution in [0.15, 0.2) is 24.4 Å². The van der Waals surface area contributed by atoms with Crippen LogP contribution in [0.3, 0.4) is 0 Å². The van der Waals surface area contributed by atoms with Gasteiger partial charge in [0.15, 0.2) is 0 Å². The molecule has 0 spiro atoms. The second kappa shape index (κ2) is 6.73. The molecule has 1 aliphatic heterocycles. The van der Waals surface area contributed by atoms with Crippen LogP contribution in [0.4, 0.5) is 11.6 Å². The zero-order chi connectivity index (χ0) is 15.4. The molecule has 0 bridgehead atoms. The predicted octanol–water partition coefficient (Wildman–Crippen LogP) is 3.09. The maximum Gasteiger partial charge on any atom is 0.149 e. The lowest BCUT2D eigenvalue weighted by atomic mass is 10.1. The smallest absolute Gasteiger partial charge is 0.149 e. The number of aromatic nitrogens is 3. The van der Waals surface area contributed by atoms with E-state index in [1.165, 1.54) is 24.8 Å². The average molecular weight is 297 g/mol. The van der Waals surface area contributed by atoms with Crippen LogP contribution in [0.5, 0.6) is 0 Å². The van der Waals surface area contributed by atoms with Crippen molar-refractivity contribution in [2.75, 3.05) is 23.3 Å². The Labute approximate surface area is 131 Å². The molecule has 0 radical (unpaired) electrons. The van der Waals surface area contributed by atoms with E-state index in [2.05, 4.69) is 44.5 Å². The summed E-state index contributed by atoms with van der Waals surface area (Å²) in [6.07, 6.45) is 5.76. The van der Waals surface area contributed by atoms with Crippen molar-refractivity contribution in [2.24, 2.45) is 0 Å². The SMILES string of the molecule is Cc1cc(NCc2ccnc(N3CCCCC3)c2)nnc1C. The van der Waals surface area contributed by atoms with Crippen molar-refractivity contribution in [3.05, 3.63) is 41.2 Å². The molecule has 0 saturated carbocycles. The van der Waals surface area contributed by atoms with Crippen molar-refractivity contribution in [3.63, 3.8) is 0 Å². The van der Waals surface area contributed by atoms with Crippen molar-refractivity contribution < 1.29 is 0 Å². The van der Waals surface area contributed by atoms with Gasteiger partial charge in [-0.15, -0.1) is 5.10 Å². The third-order valence-electron chi connectivity index (χ3n) is 4.20. The van der Waals surface area contributed by atoms with E-state index in [0.717, 1.165) is 42.5 Å². The first-order valence-corrected chi connectivity index (χ1v) is 7.97. The maximum atomic E-state index is 4.51. The largest absolute Gasteiger partial charge is 0.364 e. The molecule has 1 fully saturated rings. The normalized spacial score (nSPS) is 14.9. The van der Waals surface area contributed by atoms with Gasteiger partial charge in [-0.1, -0.05) is 0 Å². The highest BCUT2D eigenvalue weighted by Crippen LogP contribution is 2.19. The minimum Gasteiger partial charge on any atom is -0.364 e. The van der Waals surface area contributed by atoms with Crippen molar-refractivity contribution in [3.8, 4) is 0 Å². The Morgan fingerprint density at radius 3 is 2.68 bits per heavy atom. The van der Waals surface area contributed by atoms with Crippen LogP contribution in [-0.4, -0.2) is 28.3 Å². The highest BCUT2D eigenvalue weighted by Gasteiger charge is 2.12. The molecule has 22 heavy (non-hydrogen) atoms. The number of pyridine rings is 1. The van der Waals surface area contributed by atoms with Gasteiger partial charge in [0, 0.05) is 25.8 Å². The minimum atomic E-state index is 0.737. The highest BCUT2D eigenvalue weighted by molar-refractivity contribution is 5.43. The molecule has 116 valence electrons. The lowest BCUT2D eigenvalue weighted by Crippen LogP contribution is -2.30. The van der Waals surface area contributed by atoms with Gasteiger partial charge in [0.2, 0.25) is 0 Å². The van der Waals surface area contributed by atoms with Gasteiger partial charge in [-0.2, -0.15) is 5.10 Å². The molecule has 0 atom stereocenters. The third-order valence-corrected chi connectivity index (χ3v) is 4.20. The Kier molecular flexibility index (Phi) is 4.51. The molecule has 0 aromatic carbocycles. The van der Waals surface area contributed by atoms with Gasteiger partial charge in [-0.25, -0.2) is 4.98 Å². The molecule has 3 heterocycles. The van der Waals surface area contributed by atoms with E-state index in [9.17, 15) is 0 Å². The van der Waals surface area contributed by atoms with Crippen LogP contribution in [0, 0.1) is 13.8 Å². The van der Waals surface area contributed by atoms with E-state index >= 15 is 0 Å². The van der Waals surface area contributed by atoms with E-state index in [0.29, 0.717) is 0 Å². The third kappa shape index (κ3) is 3.53. The second-order valence-electron chi connectivity index (χ2n) is 5.92. The first-order valence-electron chi connectivity index (χ1n) is 7.97. The Morgan fingerprint density at radius 1 is 1.09 bits per heavy atom. The predicted molar refractivity (Wildman–Crippen MR) is 89.1 cm³/mol. The molecule has 0 unspecified atom stereocenters. The quantitative estimate of drug-likeness (QED) is 0.940. The van der Waals surface area contributed by atoms with Gasteiger partial charge in [-0.05, 0) is 62.4 Å². The van der Waals surface area contributed by atoms with Gasteiger partial charge in [0.25, 0.3) is 0 Å². The van der Waals surface area contributed by atoms with E-state index in [4.69, 9.17) is 0 Å². The summed E-state index contributed by atoms with van der Waals surface area (Å²) in [7, 11) is 0. The molecule has 2 aromatic heterocycles. The highest BCUT2D eigenvalue weighted by atomic mass is 15.2. The Bertz CT molecular complexity index is 635. The number of nitrogens with one attached hydrogen (secondary N) is 1. The van der Waals surface area contributed by atoms with Crippen LogP contribution in [-0.2, 0) is 6.54 Å². The maximum absolute atomic E-state index is 4.51. The number of nitrogens with zero attached hydrogens (tertiary/aromatic N) is 4. The number of anilines is 2. The van der Waals surface area contributed by atoms with Crippen LogP contribution < -0.4 is 10.2 Å². The Hall–Kier alpha value is -2.17. The van der Waals surface area contributed by atoms with Gasteiger partial charge in [-0.3, -0.25) is 0 Å². The van der Waals surface area contributed by atoms with Crippen LogP contribution in [0.2, 0.25) is 0 Å². The molecule has 2 aromatic rings. The van der Waals surface area contributed by atoms with Gasteiger partial charge < -0.3 is 10.2 Å². The summed E-state index contributed by atoms with van der Waals surface area (Å²) in [5.74, 6) is 1.91. The molecule has 1 saturated heterocycles. The van der Waals surface area contributed by atoms with E-state index < -0.39 is 0 Å². The summed E-state index contributed by atoms with van der Waals surface area (Å²) < 4.78 is 0. The monoisotopic (exact) mass is 297 g/mol. The van der Waals surface area contributed by atoms with E-state index in [-0.39, 0.29) is 0 Å². The number of hydrogen-bond acceptors (Lipinski definition) is 5. The summed E-state index contributed by atoms with van der Waals surface area (Å²) >= 11 is 0. The van der Waals surface area contributed by atoms with E-state index in [1.54, 1.807) is 0 Å².